The molecule has 0 radical (unpaired) electrons. The molecule has 1 aromatic rings. The van der Waals surface area contributed by atoms with Gasteiger partial charge in [0.25, 0.3) is 0 Å². The number of terminal acetylenes is 1. The largest absolute Gasteiger partial charge is 0.480 e. The van der Waals surface area contributed by atoms with E-state index in [2.05, 4.69) is 32.1 Å². The van der Waals surface area contributed by atoms with Crippen molar-refractivity contribution in [3.05, 3.63) is 46.3 Å². The average molecular weight is 501 g/mol. The maximum atomic E-state index is 13.0. The number of carboxylic acids is 1. The van der Waals surface area contributed by atoms with Gasteiger partial charge in [-0.1, -0.05) is 30.3 Å². The van der Waals surface area contributed by atoms with Gasteiger partial charge in [-0.3, -0.25) is 19.8 Å². The Morgan fingerprint density at radius 1 is 1.22 bits per heavy atom. The van der Waals surface area contributed by atoms with Gasteiger partial charge in [-0.25, -0.2) is 4.79 Å². The van der Waals surface area contributed by atoms with Gasteiger partial charge in [0, 0.05) is 19.9 Å². The molecule has 0 aromatic heterocycles. The summed E-state index contributed by atoms with van der Waals surface area (Å²) in [6, 6.07) is 5.72. The summed E-state index contributed by atoms with van der Waals surface area (Å²) in [5.41, 5.74) is 17.3. The van der Waals surface area contributed by atoms with E-state index in [0.29, 0.717) is 25.8 Å². The third-order valence-corrected chi connectivity index (χ3v) is 5.29. The van der Waals surface area contributed by atoms with Crippen molar-refractivity contribution in [2.75, 3.05) is 20.1 Å². The van der Waals surface area contributed by atoms with Crippen LogP contribution in [0, 0.1) is 12.3 Å². The number of azide groups is 1. The number of amides is 3. The number of carboxylic acid groups (broad SMARTS) is 1. The van der Waals surface area contributed by atoms with Gasteiger partial charge in [-0.2, -0.15) is 4.91 Å². The molecule has 3 amide bonds. The van der Waals surface area contributed by atoms with Crippen molar-refractivity contribution in [3.63, 3.8) is 0 Å². The van der Waals surface area contributed by atoms with E-state index < -0.39 is 48.4 Å². The molecule has 1 aromatic carbocycles. The number of nitrogens with zero attached hydrogens (tertiary/aromatic N) is 4. The molecular weight excluding hydrogens is 468 g/mol. The fourth-order valence-electron chi connectivity index (χ4n) is 3.20. The number of carbonyl (C=O) groups is 4. The summed E-state index contributed by atoms with van der Waals surface area (Å²) in [7, 11) is 1.40. The van der Waals surface area contributed by atoms with Gasteiger partial charge < -0.3 is 26.4 Å². The predicted molar refractivity (Wildman–Crippen MR) is 132 cm³/mol. The van der Waals surface area contributed by atoms with Crippen molar-refractivity contribution in [3.8, 4) is 12.3 Å². The molecule has 0 unspecified atom stereocenters. The van der Waals surface area contributed by atoms with Crippen molar-refractivity contribution in [1.82, 2.24) is 21.0 Å². The molecule has 0 bridgehead atoms. The number of hydrogen-bond acceptors (Lipinski definition) is 6. The first-order valence-electron chi connectivity index (χ1n) is 11.3. The highest BCUT2D eigenvalue weighted by Gasteiger charge is 2.30. The van der Waals surface area contributed by atoms with E-state index in [1.54, 1.807) is 30.3 Å². The summed E-state index contributed by atoms with van der Waals surface area (Å²) in [6.07, 6.45) is 6.69. The zero-order valence-electron chi connectivity index (χ0n) is 20.1. The number of nitrogens with one attached hydrogen (secondary N) is 3. The van der Waals surface area contributed by atoms with Crippen LogP contribution >= 0.6 is 0 Å². The Kier molecular flexibility index (Phi) is 13.5. The number of carbonyl (C=O) groups excluding carboxylic acids is 3. The number of aliphatic carboxylic acids is 1. The minimum absolute atomic E-state index is 0.120. The molecule has 0 aliphatic rings. The van der Waals surface area contributed by atoms with E-state index in [9.17, 15) is 24.3 Å². The molecule has 0 saturated carbocycles. The van der Waals surface area contributed by atoms with E-state index in [1.807, 2.05) is 0 Å². The van der Waals surface area contributed by atoms with Crippen LogP contribution in [0.2, 0.25) is 0 Å². The van der Waals surface area contributed by atoms with Crippen molar-refractivity contribution in [2.24, 2.45) is 11.0 Å². The van der Waals surface area contributed by atoms with E-state index in [0.717, 1.165) is 10.5 Å². The van der Waals surface area contributed by atoms with Crippen LogP contribution in [0.3, 0.4) is 0 Å². The number of likely N-dealkylation sites (N-methyl/N-ethyl adjacent to an activating group) is 1. The topological polar surface area (TPSA) is 203 Å². The minimum Gasteiger partial charge on any atom is -0.480 e. The molecular formula is C23H32N8O5. The third kappa shape index (κ3) is 10.8. The fourth-order valence-corrected chi connectivity index (χ4v) is 3.20. The number of nitrogens with two attached hydrogens (primary N) is 1. The summed E-state index contributed by atoms with van der Waals surface area (Å²) >= 11 is 0. The lowest BCUT2D eigenvalue weighted by molar-refractivity contribution is -0.144. The van der Waals surface area contributed by atoms with Gasteiger partial charge in [0.2, 0.25) is 17.7 Å². The normalized spacial score (nSPS) is 12.6. The standard InChI is InChI=1S/C23H32N8O5/c1-3-9-18(23(35)36)28-22(34)19(14-16-10-5-4-6-11-16)31(2)20(32)15-26-21(33)17(24)12-7-8-13-27-30-29-25/h1,4-6,10-11,17-19,27H,7-9,12-15,24H2,2H3,(H,26,33)(H,28,34)(H,35,36)/t17-,18+,19-/m0/s1. The van der Waals surface area contributed by atoms with Gasteiger partial charge in [0.15, 0.2) is 0 Å². The lowest BCUT2D eigenvalue weighted by atomic mass is 10.0. The third-order valence-electron chi connectivity index (χ3n) is 5.29. The van der Waals surface area contributed by atoms with Crippen molar-refractivity contribution >= 4 is 23.7 Å². The lowest BCUT2D eigenvalue weighted by Crippen LogP contribution is -2.55. The molecule has 0 aliphatic carbocycles. The zero-order valence-corrected chi connectivity index (χ0v) is 20.1. The van der Waals surface area contributed by atoms with Crippen LogP contribution in [-0.2, 0) is 25.6 Å². The van der Waals surface area contributed by atoms with Gasteiger partial charge in [-0.15, -0.1) is 17.9 Å². The van der Waals surface area contributed by atoms with Crippen LogP contribution in [0.25, 0.3) is 10.4 Å². The number of hydrogen-bond donors (Lipinski definition) is 5. The van der Waals surface area contributed by atoms with Gasteiger partial charge in [0.05, 0.1) is 19.1 Å². The molecule has 0 fully saturated rings. The van der Waals surface area contributed by atoms with Crippen LogP contribution in [0.15, 0.2) is 35.6 Å². The van der Waals surface area contributed by atoms with Crippen molar-refractivity contribution in [2.45, 2.75) is 50.2 Å². The smallest absolute Gasteiger partial charge is 0.327 e. The Labute approximate surface area is 209 Å². The van der Waals surface area contributed by atoms with Gasteiger partial charge in [0.1, 0.15) is 12.1 Å². The van der Waals surface area contributed by atoms with E-state index in [1.165, 1.54) is 7.05 Å². The Morgan fingerprint density at radius 2 is 1.92 bits per heavy atom. The van der Waals surface area contributed by atoms with Crippen LogP contribution in [0.1, 0.15) is 31.2 Å². The quantitative estimate of drug-likeness (QED) is 0.0527. The Hall–Kier alpha value is -4.27. The molecule has 0 heterocycles. The van der Waals surface area contributed by atoms with Crippen molar-refractivity contribution < 1.29 is 24.3 Å². The Bertz CT molecular complexity index is 974. The molecule has 0 aliphatic heterocycles. The predicted octanol–water partition coefficient (Wildman–Crippen LogP) is 0.0775. The molecule has 13 heteroatoms. The second-order valence-corrected chi connectivity index (χ2v) is 7.94. The highest BCUT2D eigenvalue weighted by molar-refractivity contribution is 5.92. The van der Waals surface area contributed by atoms with Crippen LogP contribution in [0.5, 0.6) is 0 Å². The number of benzene rings is 1. The molecule has 3 atom stereocenters. The minimum atomic E-state index is -1.30. The summed E-state index contributed by atoms with van der Waals surface area (Å²) < 4.78 is 0. The number of rotatable bonds is 16. The molecule has 36 heavy (non-hydrogen) atoms. The average Bonchev–Trinajstić information content (AvgIpc) is 2.87. The van der Waals surface area contributed by atoms with Crippen molar-refractivity contribution in [1.29, 1.82) is 0 Å². The van der Waals surface area contributed by atoms with Gasteiger partial charge >= 0.3 is 5.97 Å². The lowest BCUT2D eigenvalue weighted by Gasteiger charge is -2.29. The Balaban J connectivity index is 2.76. The number of unbranched alkanes of at least 4 members (excludes halogenated alkanes) is 1. The fraction of sp³-hybridized carbons (Fsp3) is 0.478. The monoisotopic (exact) mass is 500 g/mol. The maximum Gasteiger partial charge on any atom is 0.327 e. The second-order valence-electron chi connectivity index (χ2n) is 7.94. The first kappa shape index (κ1) is 29.8. The van der Waals surface area contributed by atoms with E-state index >= 15 is 0 Å². The highest BCUT2D eigenvalue weighted by Crippen LogP contribution is 2.10. The summed E-state index contributed by atoms with van der Waals surface area (Å²) in [5, 5.41) is 17.4. The molecule has 194 valence electrons. The summed E-state index contributed by atoms with van der Waals surface area (Å²) in [5.74, 6) is -0.851. The molecule has 1 rings (SSSR count). The van der Waals surface area contributed by atoms with E-state index in [4.69, 9.17) is 17.7 Å². The van der Waals surface area contributed by atoms with Crippen LogP contribution in [0.4, 0.5) is 0 Å². The summed E-state index contributed by atoms with van der Waals surface area (Å²) in [6.45, 7) is 0.0450. The summed E-state index contributed by atoms with van der Waals surface area (Å²) in [4.78, 5) is 53.2. The van der Waals surface area contributed by atoms with E-state index in [-0.39, 0.29) is 12.8 Å². The maximum absolute atomic E-state index is 13.0. The zero-order chi connectivity index (χ0) is 26.9. The SMILES string of the molecule is C#CC[C@@H](NC(=O)[C@H](Cc1ccccc1)N(C)C(=O)CNC(=O)[C@@H](N)CCCCNN=[N+]=[N-])C(=O)O. The molecule has 13 nitrogen and oxygen atoms in total. The van der Waals surface area contributed by atoms with Crippen LogP contribution < -0.4 is 21.8 Å². The molecule has 0 spiro atoms. The van der Waals surface area contributed by atoms with Gasteiger partial charge in [-0.05, 0) is 30.0 Å². The first-order chi connectivity index (χ1) is 17.2. The Morgan fingerprint density at radius 3 is 2.53 bits per heavy atom. The highest BCUT2D eigenvalue weighted by atomic mass is 16.4. The first-order valence-corrected chi connectivity index (χ1v) is 11.3. The van der Waals surface area contributed by atoms with Crippen LogP contribution in [-0.4, -0.2) is 72.0 Å². The molecule has 0 saturated heterocycles. The second kappa shape index (κ2) is 16.4. The molecule has 6 N–H and O–H groups in total.